The van der Waals surface area contributed by atoms with Crippen LogP contribution in [-0.2, 0) is 4.79 Å². The van der Waals surface area contributed by atoms with Crippen molar-refractivity contribution < 1.29 is 14.7 Å². The lowest BCUT2D eigenvalue weighted by molar-refractivity contribution is -0.119. The Labute approximate surface area is 132 Å². The molecule has 2 N–H and O–H groups in total. The summed E-state index contributed by atoms with van der Waals surface area (Å²) in [6, 6.07) is 12.3. The second kappa shape index (κ2) is 5.81. The fourth-order valence-electron chi connectivity index (χ4n) is 2.68. The Morgan fingerprint density at radius 3 is 2.73 bits per heavy atom. The smallest absolute Gasteiger partial charge is 0.335 e. The number of hydrogen-bond donors (Lipinski definition) is 2. The topological polar surface area (TPSA) is 66.4 Å². The number of aromatic carboxylic acids is 1. The zero-order valence-corrected chi connectivity index (χ0v) is 12.4. The van der Waals surface area contributed by atoms with Crippen LogP contribution >= 0.6 is 11.6 Å². The van der Waals surface area contributed by atoms with E-state index in [9.17, 15) is 9.59 Å². The molecule has 4 nitrogen and oxygen atoms in total. The minimum absolute atomic E-state index is 0.0503. The molecule has 1 fully saturated rings. The Balaban J connectivity index is 2.01. The lowest BCUT2D eigenvalue weighted by atomic mass is 9.94. The van der Waals surface area contributed by atoms with Crippen molar-refractivity contribution in [2.45, 2.75) is 12.3 Å². The highest BCUT2D eigenvalue weighted by Crippen LogP contribution is 2.33. The number of carbonyl (C=O) groups excluding carboxylic acids is 1. The standard InChI is InChI=1S/C17H14ClNO3/c18-15-5-4-10(13-8-16(20)19-9-13)7-14(15)11-2-1-3-12(6-11)17(21)22/h1-7,13H,8-9H2,(H,19,20)(H,21,22)/t13-/m0/s1. The second-order valence-corrected chi connectivity index (χ2v) is 5.74. The van der Waals surface area contributed by atoms with Gasteiger partial charge in [0.25, 0.3) is 0 Å². The van der Waals surface area contributed by atoms with E-state index in [4.69, 9.17) is 16.7 Å². The van der Waals surface area contributed by atoms with E-state index in [1.165, 1.54) is 0 Å². The number of carbonyl (C=O) groups is 2. The van der Waals surface area contributed by atoms with E-state index >= 15 is 0 Å². The van der Waals surface area contributed by atoms with Gasteiger partial charge in [-0.2, -0.15) is 0 Å². The Morgan fingerprint density at radius 1 is 1.23 bits per heavy atom. The van der Waals surface area contributed by atoms with Gasteiger partial charge in [-0.15, -0.1) is 0 Å². The number of carboxylic acid groups (broad SMARTS) is 1. The first-order valence-electron chi connectivity index (χ1n) is 6.94. The van der Waals surface area contributed by atoms with Crippen LogP contribution in [0.3, 0.4) is 0 Å². The monoisotopic (exact) mass is 315 g/mol. The molecule has 0 bridgehead atoms. The van der Waals surface area contributed by atoms with E-state index in [1.807, 2.05) is 18.2 Å². The van der Waals surface area contributed by atoms with Crippen LogP contribution in [0.25, 0.3) is 11.1 Å². The molecule has 1 aliphatic heterocycles. The fraction of sp³-hybridized carbons (Fsp3) is 0.176. The predicted molar refractivity (Wildman–Crippen MR) is 84.2 cm³/mol. The molecule has 22 heavy (non-hydrogen) atoms. The molecule has 1 saturated heterocycles. The lowest BCUT2D eigenvalue weighted by Gasteiger charge is -2.12. The maximum Gasteiger partial charge on any atom is 0.335 e. The van der Waals surface area contributed by atoms with Gasteiger partial charge in [0.2, 0.25) is 5.91 Å². The third kappa shape index (κ3) is 2.83. The van der Waals surface area contributed by atoms with E-state index in [-0.39, 0.29) is 17.4 Å². The van der Waals surface area contributed by atoms with Crippen LogP contribution < -0.4 is 5.32 Å². The van der Waals surface area contributed by atoms with Crippen LogP contribution in [0.2, 0.25) is 5.02 Å². The van der Waals surface area contributed by atoms with Crippen molar-refractivity contribution in [2.24, 2.45) is 0 Å². The summed E-state index contributed by atoms with van der Waals surface area (Å²) in [4.78, 5) is 22.5. The highest BCUT2D eigenvalue weighted by molar-refractivity contribution is 6.33. The van der Waals surface area contributed by atoms with Gasteiger partial charge in [-0.3, -0.25) is 4.79 Å². The SMILES string of the molecule is O=C1C[C@H](c2ccc(Cl)c(-c3cccc(C(=O)O)c3)c2)CN1. The summed E-state index contributed by atoms with van der Waals surface area (Å²) in [5.74, 6) is -0.791. The van der Waals surface area contributed by atoms with Gasteiger partial charge in [0, 0.05) is 29.5 Å². The molecule has 0 unspecified atom stereocenters. The summed E-state index contributed by atoms with van der Waals surface area (Å²) in [5, 5.41) is 12.5. The molecule has 0 radical (unpaired) electrons. The number of amides is 1. The molecule has 1 heterocycles. The normalized spacial score (nSPS) is 17.3. The van der Waals surface area contributed by atoms with Gasteiger partial charge in [0.1, 0.15) is 0 Å². The van der Waals surface area contributed by atoms with E-state index < -0.39 is 5.97 Å². The number of nitrogens with one attached hydrogen (secondary N) is 1. The fourth-order valence-corrected chi connectivity index (χ4v) is 2.91. The zero-order valence-electron chi connectivity index (χ0n) is 11.7. The molecule has 1 amide bonds. The minimum atomic E-state index is -0.972. The Bertz CT molecular complexity index is 757. The zero-order chi connectivity index (χ0) is 15.7. The van der Waals surface area contributed by atoms with Crippen molar-refractivity contribution >= 4 is 23.5 Å². The van der Waals surface area contributed by atoms with Gasteiger partial charge < -0.3 is 10.4 Å². The minimum Gasteiger partial charge on any atom is -0.478 e. The molecule has 5 heteroatoms. The molecule has 2 aromatic rings. The quantitative estimate of drug-likeness (QED) is 0.913. The Kier molecular flexibility index (Phi) is 3.86. The van der Waals surface area contributed by atoms with Gasteiger partial charge in [0.15, 0.2) is 0 Å². The van der Waals surface area contributed by atoms with Gasteiger partial charge in [0.05, 0.1) is 5.56 Å². The van der Waals surface area contributed by atoms with Crippen LogP contribution in [0, 0.1) is 0 Å². The van der Waals surface area contributed by atoms with Crippen LogP contribution in [0.5, 0.6) is 0 Å². The van der Waals surface area contributed by atoms with Crippen molar-refractivity contribution in [1.82, 2.24) is 5.32 Å². The van der Waals surface area contributed by atoms with Gasteiger partial charge in [-0.1, -0.05) is 29.8 Å². The van der Waals surface area contributed by atoms with E-state index in [0.717, 1.165) is 16.7 Å². The Hall–Kier alpha value is -2.33. The average Bonchev–Trinajstić information content (AvgIpc) is 2.94. The number of halogens is 1. The number of rotatable bonds is 3. The summed E-state index contributed by atoms with van der Waals surface area (Å²) in [6.45, 7) is 0.620. The van der Waals surface area contributed by atoms with Crippen molar-refractivity contribution in [1.29, 1.82) is 0 Å². The van der Waals surface area contributed by atoms with Gasteiger partial charge >= 0.3 is 5.97 Å². The molecular weight excluding hydrogens is 302 g/mol. The van der Waals surface area contributed by atoms with Crippen LogP contribution in [0.15, 0.2) is 42.5 Å². The molecule has 1 atom stereocenters. The van der Waals surface area contributed by atoms with E-state index in [0.29, 0.717) is 18.0 Å². The molecule has 0 spiro atoms. The van der Waals surface area contributed by atoms with Crippen molar-refractivity contribution in [3.05, 3.63) is 58.6 Å². The highest BCUT2D eigenvalue weighted by atomic mass is 35.5. The van der Waals surface area contributed by atoms with E-state index in [1.54, 1.807) is 24.3 Å². The third-order valence-electron chi connectivity index (χ3n) is 3.86. The lowest BCUT2D eigenvalue weighted by Crippen LogP contribution is -2.13. The third-order valence-corrected chi connectivity index (χ3v) is 4.19. The van der Waals surface area contributed by atoms with Crippen LogP contribution in [0.1, 0.15) is 28.3 Å². The van der Waals surface area contributed by atoms with Gasteiger partial charge in [-0.25, -0.2) is 4.79 Å². The number of carboxylic acids is 1. The first kappa shape index (κ1) is 14.6. The summed E-state index contributed by atoms with van der Waals surface area (Å²) < 4.78 is 0. The molecule has 1 aliphatic rings. The van der Waals surface area contributed by atoms with Crippen LogP contribution in [-0.4, -0.2) is 23.5 Å². The molecular formula is C17H14ClNO3. The molecule has 0 aromatic heterocycles. The molecule has 3 rings (SSSR count). The first-order valence-corrected chi connectivity index (χ1v) is 7.32. The van der Waals surface area contributed by atoms with Crippen molar-refractivity contribution in [3.63, 3.8) is 0 Å². The van der Waals surface area contributed by atoms with E-state index in [2.05, 4.69) is 5.32 Å². The second-order valence-electron chi connectivity index (χ2n) is 5.33. The summed E-state index contributed by atoms with van der Waals surface area (Å²) in [6.07, 6.45) is 0.468. The molecule has 2 aromatic carbocycles. The van der Waals surface area contributed by atoms with Crippen molar-refractivity contribution in [3.8, 4) is 11.1 Å². The maximum atomic E-state index is 11.4. The predicted octanol–water partition coefficient (Wildman–Crippen LogP) is 3.31. The number of benzene rings is 2. The van der Waals surface area contributed by atoms with Gasteiger partial charge in [-0.05, 0) is 35.4 Å². The molecule has 0 saturated carbocycles. The molecule has 0 aliphatic carbocycles. The molecule has 112 valence electrons. The number of hydrogen-bond acceptors (Lipinski definition) is 2. The highest BCUT2D eigenvalue weighted by Gasteiger charge is 2.23. The summed E-state index contributed by atoms with van der Waals surface area (Å²) >= 11 is 6.27. The first-order chi connectivity index (χ1) is 10.5. The largest absolute Gasteiger partial charge is 0.478 e. The maximum absolute atomic E-state index is 11.4. The van der Waals surface area contributed by atoms with Crippen molar-refractivity contribution in [2.75, 3.05) is 6.54 Å². The summed E-state index contributed by atoms with van der Waals surface area (Å²) in [5.41, 5.74) is 2.78. The average molecular weight is 316 g/mol. The summed E-state index contributed by atoms with van der Waals surface area (Å²) in [7, 11) is 0. The van der Waals surface area contributed by atoms with Crippen LogP contribution in [0.4, 0.5) is 0 Å². The Morgan fingerprint density at radius 2 is 2.05 bits per heavy atom.